The third-order valence-electron chi connectivity index (χ3n) is 4.21. The second-order valence-electron chi connectivity index (χ2n) is 6.21. The molecule has 1 N–H and O–H groups in total. The summed E-state index contributed by atoms with van der Waals surface area (Å²) >= 11 is 2.64. The lowest BCUT2D eigenvalue weighted by Gasteiger charge is -2.02. The van der Waals surface area contributed by atoms with Gasteiger partial charge >= 0.3 is 5.97 Å². The molecule has 0 radical (unpaired) electrons. The minimum absolute atomic E-state index is 0.0777. The Hall–Kier alpha value is -3.24. The number of esters is 1. The topological polar surface area (TPSA) is 94.8 Å². The summed E-state index contributed by atoms with van der Waals surface area (Å²) < 4.78 is 11.9. The van der Waals surface area contributed by atoms with Crippen molar-refractivity contribution in [1.29, 1.82) is 0 Å². The Morgan fingerprint density at radius 3 is 2.87 bits per heavy atom. The molecule has 30 heavy (non-hydrogen) atoms. The number of thiazole rings is 2. The van der Waals surface area contributed by atoms with Gasteiger partial charge in [-0.2, -0.15) is 0 Å². The molecule has 3 heterocycles. The van der Waals surface area contributed by atoms with Crippen molar-refractivity contribution in [1.82, 2.24) is 14.4 Å². The molecule has 4 aromatic rings. The highest BCUT2D eigenvalue weighted by Crippen LogP contribution is 2.27. The van der Waals surface area contributed by atoms with Gasteiger partial charge in [-0.15, -0.1) is 22.7 Å². The van der Waals surface area contributed by atoms with E-state index in [9.17, 15) is 9.59 Å². The first-order chi connectivity index (χ1) is 14.6. The van der Waals surface area contributed by atoms with E-state index < -0.39 is 0 Å². The van der Waals surface area contributed by atoms with Gasteiger partial charge in [0.2, 0.25) is 0 Å². The molecule has 1 aromatic carbocycles. The molecule has 3 aromatic heterocycles. The molecule has 154 valence electrons. The zero-order valence-electron chi connectivity index (χ0n) is 16.2. The van der Waals surface area contributed by atoms with Gasteiger partial charge in [-0.25, -0.2) is 9.97 Å². The molecule has 0 fully saturated rings. The Kier molecular flexibility index (Phi) is 5.77. The fourth-order valence-electron chi connectivity index (χ4n) is 2.84. The number of ether oxygens (including phenoxy) is 2. The Balaban J connectivity index is 1.52. The third-order valence-corrected chi connectivity index (χ3v) is 5.86. The highest BCUT2D eigenvalue weighted by Gasteiger charge is 2.17. The Bertz CT molecular complexity index is 1210. The minimum atomic E-state index is -0.344. The van der Waals surface area contributed by atoms with Crippen LogP contribution < -0.4 is 10.1 Å². The van der Waals surface area contributed by atoms with Crippen LogP contribution in [0, 0.1) is 0 Å². The van der Waals surface area contributed by atoms with Crippen LogP contribution in [0.1, 0.15) is 23.1 Å². The number of benzene rings is 1. The normalized spacial score (nSPS) is 10.9. The van der Waals surface area contributed by atoms with Crippen LogP contribution >= 0.6 is 22.7 Å². The molecule has 1 amide bonds. The van der Waals surface area contributed by atoms with Crippen LogP contribution in [0.3, 0.4) is 0 Å². The molecule has 0 unspecified atom stereocenters. The number of anilines is 1. The van der Waals surface area contributed by atoms with Crippen molar-refractivity contribution in [2.24, 2.45) is 0 Å². The van der Waals surface area contributed by atoms with E-state index in [0.717, 1.165) is 17.0 Å². The van der Waals surface area contributed by atoms with Gasteiger partial charge in [0.05, 0.1) is 31.5 Å². The van der Waals surface area contributed by atoms with Crippen molar-refractivity contribution in [3.63, 3.8) is 0 Å². The number of aromatic nitrogens is 3. The summed E-state index contributed by atoms with van der Waals surface area (Å²) in [4.78, 5) is 33.9. The number of rotatable bonds is 7. The van der Waals surface area contributed by atoms with Crippen molar-refractivity contribution in [3.05, 3.63) is 52.6 Å². The number of fused-ring (bicyclic) bond motifs is 1. The van der Waals surface area contributed by atoms with E-state index in [1.807, 2.05) is 30.5 Å². The maximum absolute atomic E-state index is 12.8. The van der Waals surface area contributed by atoms with Crippen LogP contribution in [0.4, 0.5) is 5.13 Å². The number of nitrogens with zero attached hydrogens (tertiary/aromatic N) is 3. The van der Waals surface area contributed by atoms with Crippen LogP contribution in [-0.2, 0) is 16.0 Å². The van der Waals surface area contributed by atoms with Gasteiger partial charge in [0.25, 0.3) is 5.91 Å². The number of carbonyl (C=O) groups is 2. The maximum atomic E-state index is 12.8. The van der Waals surface area contributed by atoms with E-state index in [0.29, 0.717) is 28.1 Å². The molecule has 8 nitrogen and oxygen atoms in total. The van der Waals surface area contributed by atoms with E-state index in [1.165, 1.54) is 22.7 Å². The van der Waals surface area contributed by atoms with Crippen LogP contribution in [0.15, 0.2) is 41.2 Å². The largest absolute Gasteiger partial charge is 0.497 e. The zero-order chi connectivity index (χ0) is 21.1. The van der Waals surface area contributed by atoms with Crippen LogP contribution in [0.5, 0.6) is 5.75 Å². The van der Waals surface area contributed by atoms with Crippen molar-refractivity contribution >= 4 is 44.6 Å². The molecular weight excluding hydrogens is 424 g/mol. The van der Waals surface area contributed by atoms with E-state index >= 15 is 0 Å². The number of nitrogens with one attached hydrogen (secondary N) is 1. The molecule has 10 heteroatoms. The van der Waals surface area contributed by atoms with E-state index in [4.69, 9.17) is 9.47 Å². The first-order valence-electron chi connectivity index (χ1n) is 9.09. The molecule has 4 rings (SSSR count). The van der Waals surface area contributed by atoms with Crippen LogP contribution in [0.25, 0.3) is 16.2 Å². The third kappa shape index (κ3) is 4.19. The summed E-state index contributed by atoms with van der Waals surface area (Å²) in [6.45, 7) is 2.07. The Morgan fingerprint density at radius 1 is 1.20 bits per heavy atom. The van der Waals surface area contributed by atoms with Crippen LogP contribution in [-0.4, -0.2) is 40.0 Å². The average Bonchev–Trinajstić information content (AvgIpc) is 3.44. The predicted octanol–water partition coefficient (Wildman–Crippen LogP) is 3.89. The summed E-state index contributed by atoms with van der Waals surface area (Å²) in [7, 11) is 1.62. The second kappa shape index (κ2) is 8.64. The molecule has 0 atom stereocenters. The molecular formula is C20H18N4O4S2. The number of amides is 1. The lowest BCUT2D eigenvalue weighted by molar-refractivity contribution is -0.142. The van der Waals surface area contributed by atoms with E-state index in [2.05, 4.69) is 15.3 Å². The van der Waals surface area contributed by atoms with Crippen molar-refractivity contribution in [3.8, 4) is 17.0 Å². The summed E-state index contributed by atoms with van der Waals surface area (Å²) in [6.07, 6.45) is 1.90. The van der Waals surface area contributed by atoms with Gasteiger partial charge in [0.1, 0.15) is 11.4 Å². The van der Waals surface area contributed by atoms with Crippen LogP contribution in [0.2, 0.25) is 0 Å². The predicted molar refractivity (Wildman–Crippen MR) is 115 cm³/mol. The van der Waals surface area contributed by atoms with E-state index in [1.54, 1.807) is 29.2 Å². The standard InChI is InChI=1S/C20H18N4O4S2/c1-3-28-17(25)8-13-10-29-19(21-13)23-18(26)16-11-30-20-22-15(9-24(16)20)12-5-4-6-14(7-12)27-2/h4-7,9-11H,3,8H2,1-2H3,(H,21,23,26). The molecule has 0 aliphatic rings. The van der Waals surface area contributed by atoms with Gasteiger partial charge in [-0.1, -0.05) is 12.1 Å². The highest BCUT2D eigenvalue weighted by molar-refractivity contribution is 7.15. The summed E-state index contributed by atoms with van der Waals surface area (Å²) in [5.41, 5.74) is 2.67. The number of carbonyl (C=O) groups excluding carboxylic acids is 2. The van der Waals surface area contributed by atoms with Crippen molar-refractivity contribution in [2.75, 3.05) is 19.0 Å². The number of hydrogen-bond donors (Lipinski definition) is 1. The average molecular weight is 443 g/mol. The monoisotopic (exact) mass is 442 g/mol. The number of methoxy groups -OCH3 is 1. The molecule has 0 saturated heterocycles. The van der Waals surface area contributed by atoms with Gasteiger partial charge in [-0.3, -0.25) is 19.3 Å². The summed E-state index contributed by atoms with van der Waals surface area (Å²) in [6, 6.07) is 7.60. The molecule has 0 aliphatic carbocycles. The van der Waals surface area contributed by atoms with Gasteiger partial charge in [-0.05, 0) is 19.1 Å². The maximum Gasteiger partial charge on any atom is 0.311 e. The quantitative estimate of drug-likeness (QED) is 0.437. The Labute approximate surface area is 180 Å². The zero-order valence-corrected chi connectivity index (χ0v) is 17.9. The Morgan fingerprint density at radius 2 is 2.07 bits per heavy atom. The number of hydrogen-bond acceptors (Lipinski definition) is 8. The van der Waals surface area contributed by atoms with Gasteiger partial charge in [0.15, 0.2) is 10.1 Å². The number of imidazole rings is 1. The van der Waals surface area contributed by atoms with Crippen molar-refractivity contribution in [2.45, 2.75) is 13.3 Å². The van der Waals surface area contributed by atoms with Gasteiger partial charge < -0.3 is 9.47 Å². The minimum Gasteiger partial charge on any atom is -0.497 e. The molecule has 0 bridgehead atoms. The fourth-order valence-corrected chi connectivity index (χ4v) is 4.39. The first-order valence-corrected chi connectivity index (χ1v) is 10.9. The first kappa shape index (κ1) is 20.0. The SMILES string of the molecule is CCOC(=O)Cc1csc(NC(=O)c2csc3nc(-c4cccc(OC)c4)cn23)n1. The lowest BCUT2D eigenvalue weighted by Crippen LogP contribution is -2.14. The van der Waals surface area contributed by atoms with E-state index in [-0.39, 0.29) is 18.3 Å². The van der Waals surface area contributed by atoms with Gasteiger partial charge in [0, 0.05) is 22.5 Å². The molecule has 0 aliphatic heterocycles. The molecule has 0 spiro atoms. The summed E-state index contributed by atoms with van der Waals surface area (Å²) in [5, 5.41) is 6.69. The highest BCUT2D eigenvalue weighted by atomic mass is 32.1. The second-order valence-corrected chi connectivity index (χ2v) is 7.91. The van der Waals surface area contributed by atoms with Crippen molar-refractivity contribution < 1.29 is 19.1 Å². The lowest BCUT2D eigenvalue weighted by atomic mass is 10.1. The fraction of sp³-hybridized carbons (Fsp3) is 0.200. The molecule has 0 saturated carbocycles. The smallest absolute Gasteiger partial charge is 0.311 e. The summed E-state index contributed by atoms with van der Waals surface area (Å²) in [5.74, 6) is 0.0980.